The Hall–Kier alpha value is -0.810. The van der Waals surface area contributed by atoms with Crippen molar-refractivity contribution in [3.8, 4) is 0 Å². The van der Waals surface area contributed by atoms with Crippen LogP contribution in [0, 0.1) is 11.7 Å². The Labute approximate surface area is 116 Å². The molecule has 1 saturated heterocycles. The lowest BCUT2D eigenvalue weighted by molar-refractivity contribution is 0.513. The van der Waals surface area contributed by atoms with Gasteiger partial charge in [-0.05, 0) is 56.3 Å². The second kappa shape index (κ2) is 4.38. The predicted molar refractivity (Wildman–Crippen MR) is 79.8 cm³/mol. The second-order valence-electron chi connectivity index (χ2n) is 5.24. The number of fused-ring (bicyclic) bond motifs is 1. The van der Waals surface area contributed by atoms with Crippen LogP contribution in [0.2, 0.25) is 0 Å². The maximum atomic E-state index is 5.45. The highest BCUT2D eigenvalue weighted by atomic mass is 32.2. The van der Waals surface area contributed by atoms with Crippen LogP contribution in [0.4, 0.5) is 0 Å². The molecule has 3 rings (SSSR count). The molecule has 1 atom stereocenters. The molecule has 0 radical (unpaired) electrons. The maximum absolute atomic E-state index is 5.45. The van der Waals surface area contributed by atoms with Gasteiger partial charge in [0, 0.05) is 17.5 Å². The summed E-state index contributed by atoms with van der Waals surface area (Å²) in [7, 11) is 0. The third-order valence-electron chi connectivity index (χ3n) is 3.67. The Bertz CT molecular complexity index is 635. The number of rotatable bonds is 2. The zero-order chi connectivity index (χ0) is 12.8. The van der Waals surface area contributed by atoms with E-state index in [9.17, 15) is 0 Å². The minimum absolute atomic E-state index is 0.304. The Morgan fingerprint density at radius 1 is 1.61 bits per heavy atom. The first kappa shape index (κ1) is 12.2. The van der Waals surface area contributed by atoms with Crippen LogP contribution in [0.15, 0.2) is 12.3 Å². The van der Waals surface area contributed by atoms with E-state index in [4.69, 9.17) is 12.2 Å². The Kier molecular flexibility index (Phi) is 2.98. The van der Waals surface area contributed by atoms with Gasteiger partial charge in [-0.1, -0.05) is 0 Å². The van der Waals surface area contributed by atoms with Crippen LogP contribution in [0.3, 0.4) is 0 Å². The molecule has 0 bridgehead atoms. The van der Waals surface area contributed by atoms with Gasteiger partial charge < -0.3 is 9.55 Å². The molecule has 3 nitrogen and oxygen atoms in total. The van der Waals surface area contributed by atoms with Gasteiger partial charge in [0.1, 0.15) is 0 Å². The third-order valence-corrected chi connectivity index (χ3v) is 5.51. The van der Waals surface area contributed by atoms with Crippen molar-refractivity contribution in [1.82, 2.24) is 14.5 Å². The molecule has 1 unspecified atom stereocenters. The SMILES string of the molecule is Cc1ccnc2c1[nH]c(=S)n2CC1(C)CCCS1. The summed E-state index contributed by atoms with van der Waals surface area (Å²) >= 11 is 7.51. The van der Waals surface area contributed by atoms with Crippen LogP contribution in [0.25, 0.3) is 11.2 Å². The smallest absolute Gasteiger partial charge is 0.179 e. The van der Waals surface area contributed by atoms with Crippen molar-refractivity contribution >= 4 is 35.1 Å². The standard InChI is InChI=1S/C13H17N3S2/c1-9-4-6-14-11-10(9)15-12(17)16(11)8-13(2)5-3-7-18-13/h4,6H,3,5,7-8H2,1-2H3,(H,15,17). The molecule has 3 heterocycles. The summed E-state index contributed by atoms with van der Waals surface area (Å²) in [5, 5.41) is 0. The summed E-state index contributed by atoms with van der Waals surface area (Å²) < 4.78 is 3.26. The Morgan fingerprint density at radius 2 is 2.44 bits per heavy atom. The number of pyridine rings is 1. The number of aryl methyl sites for hydroxylation is 1. The first-order valence-corrected chi connectivity index (χ1v) is 7.67. The summed E-state index contributed by atoms with van der Waals surface area (Å²) in [6.45, 7) is 5.37. The fourth-order valence-corrected chi connectivity index (χ4v) is 4.16. The normalized spacial score (nSPS) is 23.9. The maximum Gasteiger partial charge on any atom is 0.179 e. The predicted octanol–water partition coefficient (Wildman–Crippen LogP) is 3.69. The minimum Gasteiger partial charge on any atom is -0.329 e. The van der Waals surface area contributed by atoms with Crippen molar-refractivity contribution in [2.24, 2.45) is 0 Å². The number of thioether (sulfide) groups is 1. The lowest BCUT2D eigenvalue weighted by Crippen LogP contribution is -2.23. The van der Waals surface area contributed by atoms with Crippen LogP contribution in [0.1, 0.15) is 25.3 Å². The van der Waals surface area contributed by atoms with Gasteiger partial charge >= 0.3 is 0 Å². The molecular formula is C13H17N3S2. The van der Waals surface area contributed by atoms with Crippen LogP contribution < -0.4 is 0 Å². The summed E-state index contributed by atoms with van der Waals surface area (Å²) in [5.74, 6) is 1.26. The molecule has 0 aromatic carbocycles. The lowest BCUT2D eigenvalue weighted by atomic mass is 10.1. The Balaban J connectivity index is 2.09. The van der Waals surface area contributed by atoms with Crippen molar-refractivity contribution in [3.05, 3.63) is 22.6 Å². The molecular weight excluding hydrogens is 262 g/mol. The van der Waals surface area contributed by atoms with E-state index in [-0.39, 0.29) is 0 Å². The topological polar surface area (TPSA) is 33.6 Å². The van der Waals surface area contributed by atoms with Gasteiger partial charge in [0.25, 0.3) is 0 Å². The van der Waals surface area contributed by atoms with Crippen molar-refractivity contribution in [2.75, 3.05) is 5.75 Å². The highest BCUT2D eigenvalue weighted by Gasteiger charge is 2.30. The number of H-pyrrole nitrogens is 1. The van der Waals surface area contributed by atoms with Gasteiger partial charge in [0.15, 0.2) is 10.4 Å². The molecule has 1 fully saturated rings. The zero-order valence-electron chi connectivity index (χ0n) is 10.7. The summed E-state index contributed by atoms with van der Waals surface area (Å²) in [5.41, 5.74) is 3.27. The van der Waals surface area contributed by atoms with Crippen LogP contribution in [-0.4, -0.2) is 25.0 Å². The molecule has 2 aromatic heterocycles. The van der Waals surface area contributed by atoms with Gasteiger partial charge in [0.2, 0.25) is 0 Å². The number of aromatic amines is 1. The fraction of sp³-hybridized carbons (Fsp3) is 0.538. The third kappa shape index (κ3) is 1.99. The number of hydrogen-bond donors (Lipinski definition) is 1. The van der Waals surface area contributed by atoms with Crippen LogP contribution in [-0.2, 0) is 6.54 Å². The number of nitrogens with one attached hydrogen (secondary N) is 1. The summed E-state index contributed by atoms with van der Waals surface area (Å²) in [4.78, 5) is 7.78. The van der Waals surface area contributed by atoms with E-state index >= 15 is 0 Å². The van der Waals surface area contributed by atoms with E-state index in [0.717, 1.165) is 22.5 Å². The monoisotopic (exact) mass is 279 g/mol. The van der Waals surface area contributed by atoms with Crippen molar-refractivity contribution in [1.29, 1.82) is 0 Å². The van der Waals surface area contributed by atoms with Crippen molar-refractivity contribution in [3.63, 3.8) is 0 Å². The molecule has 18 heavy (non-hydrogen) atoms. The van der Waals surface area contributed by atoms with Gasteiger partial charge in [-0.2, -0.15) is 11.8 Å². The molecule has 0 saturated carbocycles. The number of nitrogens with zero attached hydrogens (tertiary/aromatic N) is 2. The Morgan fingerprint density at radius 3 is 3.17 bits per heavy atom. The number of imidazole rings is 1. The molecule has 96 valence electrons. The molecule has 1 N–H and O–H groups in total. The molecule has 0 aliphatic carbocycles. The first-order chi connectivity index (χ1) is 8.59. The molecule has 0 spiro atoms. The summed E-state index contributed by atoms with van der Waals surface area (Å²) in [6.07, 6.45) is 4.43. The van der Waals surface area contributed by atoms with E-state index < -0.39 is 0 Å². The zero-order valence-corrected chi connectivity index (χ0v) is 12.3. The van der Waals surface area contributed by atoms with E-state index in [1.54, 1.807) is 0 Å². The average Bonchev–Trinajstić information content (AvgIpc) is 2.88. The molecule has 0 amide bonds. The minimum atomic E-state index is 0.304. The van der Waals surface area contributed by atoms with Crippen LogP contribution in [0.5, 0.6) is 0 Å². The van der Waals surface area contributed by atoms with Crippen molar-refractivity contribution < 1.29 is 0 Å². The molecule has 5 heteroatoms. The fourth-order valence-electron chi connectivity index (χ4n) is 2.62. The first-order valence-electron chi connectivity index (χ1n) is 6.27. The number of aromatic nitrogens is 3. The number of hydrogen-bond acceptors (Lipinski definition) is 3. The van der Waals surface area contributed by atoms with Crippen molar-refractivity contribution in [2.45, 2.75) is 38.0 Å². The second-order valence-corrected chi connectivity index (χ2v) is 7.31. The van der Waals surface area contributed by atoms with E-state index in [1.165, 1.54) is 24.2 Å². The molecule has 1 aliphatic rings. The molecule has 2 aromatic rings. The summed E-state index contributed by atoms with van der Waals surface area (Å²) in [6, 6.07) is 2.02. The van der Waals surface area contributed by atoms with Gasteiger partial charge in [-0.25, -0.2) is 4.98 Å². The van der Waals surface area contributed by atoms with E-state index in [2.05, 4.69) is 40.1 Å². The highest BCUT2D eigenvalue weighted by molar-refractivity contribution is 8.00. The van der Waals surface area contributed by atoms with E-state index in [0.29, 0.717) is 4.75 Å². The average molecular weight is 279 g/mol. The lowest BCUT2D eigenvalue weighted by Gasteiger charge is -2.23. The largest absolute Gasteiger partial charge is 0.329 e. The van der Waals surface area contributed by atoms with Gasteiger partial charge in [-0.3, -0.25) is 0 Å². The van der Waals surface area contributed by atoms with Gasteiger partial charge in [-0.15, -0.1) is 0 Å². The van der Waals surface area contributed by atoms with E-state index in [1.807, 2.05) is 12.3 Å². The molecule has 1 aliphatic heterocycles. The van der Waals surface area contributed by atoms with Crippen LogP contribution >= 0.6 is 24.0 Å². The highest BCUT2D eigenvalue weighted by Crippen LogP contribution is 2.39. The van der Waals surface area contributed by atoms with Gasteiger partial charge in [0.05, 0.1) is 5.52 Å². The quantitative estimate of drug-likeness (QED) is 0.851.